The van der Waals surface area contributed by atoms with Crippen molar-refractivity contribution in [2.45, 2.75) is 12.5 Å². The van der Waals surface area contributed by atoms with Crippen molar-refractivity contribution < 1.29 is 19.1 Å². The number of hydrogen-bond donors (Lipinski definition) is 1. The van der Waals surface area contributed by atoms with Crippen LogP contribution in [-0.2, 0) is 4.79 Å². The number of carboxylic acids is 1. The minimum absolute atomic E-state index is 0.0587. The molecule has 2 heterocycles. The lowest BCUT2D eigenvalue weighted by molar-refractivity contribution is -0.138. The Labute approximate surface area is 148 Å². The molecule has 126 valence electrons. The maximum atomic E-state index is 12.7. The molecular formula is C17H16ClNO4S. The van der Waals surface area contributed by atoms with Crippen molar-refractivity contribution in [3.63, 3.8) is 0 Å². The number of rotatable bonds is 4. The van der Waals surface area contributed by atoms with Crippen LogP contribution in [0.2, 0.25) is 5.02 Å². The van der Waals surface area contributed by atoms with Gasteiger partial charge in [-0.25, -0.2) is 0 Å². The Morgan fingerprint density at radius 1 is 1.29 bits per heavy atom. The summed E-state index contributed by atoms with van der Waals surface area (Å²) in [5, 5.41) is 9.58. The van der Waals surface area contributed by atoms with Gasteiger partial charge in [-0.3, -0.25) is 9.59 Å². The van der Waals surface area contributed by atoms with Crippen molar-refractivity contribution in [3.05, 3.63) is 47.2 Å². The van der Waals surface area contributed by atoms with E-state index in [-0.39, 0.29) is 24.1 Å². The first-order chi connectivity index (χ1) is 11.6. The molecule has 1 aliphatic rings. The van der Waals surface area contributed by atoms with Crippen LogP contribution in [0.4, 0.5) is 0 Å². The number of carboxylic acid groups (broad SMARTS) is 1. The first-order valence-corrected chi connectivity index (χ1v) is 9.05. The van der Waals surface area contributed by atoms with Crippen molar-refractivity contribution in [2.24, 2.45) is 0 Å². The van der Waals surface area contributed by atoms with Crippen LogP contribution in [0.15, 0.2) is 40.8 Å². The number of carbonyl (C=O) groups excluding carboxylic acids is 1. The SMILES string of the molecule is O=C(O)CC1CSCCN1C(=O)c1ccc(-c2ccccc2Cl)o1. The van der Waals surface area contributed by atoms with Crippen molar-refractivity contribution in [1.82, 2.24) is 4.90 Å². The molecule has 0 aliphatic carbocycles. The zero-order chi connectivity index (χ0) is 17.1. The van der Waals surface area contributed by atoms with Gasteiger partial charge in [-0.1, -0.05) is 23.7 Å². The van der Waals surface area contributed by atoms with E-state index >= 15 is 0 Å². The predicted molar refractivity (Wildman–Crippen MR) is 93.6 cm³/mol. The van der Waals surface area contributed by atoms with E-state index in [2.05, 4.69) is 0 Å². The van der Waals surface area contributed by atoms with Gasteiger partial charge in [0, 0.05) is 23.6 Å². The van der Waals surface area contributed by atoms with Crippen LogP contribution in [0.25, 0.3) is 11.3 Å². The summed E-state index contributed by atoms with van der Waals surface area (Å²) < 4.78 is 5.69. The van der Waals surface area contributed by atoms with Crippen LogP contribution in [0.5, 0.6) is 0 Å². The molecule has 1 saturated heterocycles. The van der Waals surface area contributed by atoms with Gasteiger partial charge in [-0.15, -0.1) is 0 Å². The van der Waals surface area contributed by atoms with Gasteiger partial charge < -0.3 is 14.4 Å². The van der Waals surface area contributed by atoms with Gasteiger partial charge in [0.2, 0.25) is 0 Å². The van der Waals surface area contributed by atoms with Gasteiger partial charge >= 0.3 is 5.97 Å². The molecule has 1 unspecified atom stereocenters. The van der Waals surface area contributed by atoms with E-state index in [1.54, 1.807) is 34.9 Å². The molecule has 7 heteroatoms. The Bertz CT molecular complexity index is 761. The molecule has 3 rings (SSSR count). The minimum atomic E-state index is -0.906. The van der Waals surface area contributed by atoms with E-state index in [9.17, 15) is 9.59 Å². The van der Waals surface area contributed by atoms with Gasteiger partial charge in [0.05, 0.1) is 17.5 Å². The largest absolute Gasteiger partial charge is 0.481 e. The van der Waals surface area contributed by atoms with Crippen molar-refractivity contribution in [2.75, 3.05) is 18.1 Å². The predicted octanol–water partition coefficient (Wildman–Crippen LogP) is 3.63. The average Bonchev–Trinajstić information content (AvgIpc) is 3.04. The second-order valence-corrected chi connectivity index (χ2v) is 7.03. The van der Waals surface area contributed by atoms with Crippen LogP contribution < -0.4 is 0 Å². The van der Waals surface area contributed by atoms with Gasteiger partial charge in [0.15, 0.2) is 5.76 Å². The van der Waals surface area contributed by atoms with E-state index in [1.807, 2.05) is 18.2 Å². The van der Waals surface area contributed by atoms with Crippen LogP contribution >= 0.6 is 23.4 Å². The van der Waals surface area contributed by atoms with Gasteiger partial charge in [0.25, 0.3) is 5.91 Å². The molecule has 1 atom stereocenters. The molecule has 1 amide bonds. The smallest absolute Gasteiger partial charge is 0.305 e. The highest BCUT2D eigenvalue weighted by atomic mass is 35.5. The van der Waals surface area contributed by atoms with Crippen LogP contribution in [-0.4, -0.2) is 46.0 Å². The van der Waals surface area contributed by atoms with E-state index in [0.29, 0.717) is 23.1 Å². The number of carbonyl (C=O) groups is 2. The molecule has 24 heavy (non-hydrogen) atoms. The molecule has 0 spiro atoms. The van der Waals surface area contributed by atoms with E-state index in [1.165, 1.54) is 0 Å². The Morgan fingerprint density at radius 3 is 2.83 bits per heavy atom. The first kappa shape index (κ1) is 16.9. The highest BCUT2D eigenvalue weighted by molar-refractivity contribution is 7.99. The summed E-state index contributed by atoms with van der Waals surface area (Å²) in [6, 6.07) is 10.2. The summed E-state index contributed by atoms with van der Waals surface area (Å²) in [6.45, 7) is 0.517. The number of halogens is 1. The Balaban J connectivity index is 1.82. The lowest BCUT2D eigenvalue weighted by Gasteiger charge is -2.33. The summed E-state index contributed by atoms with van der Waals surface area (Å²) in [7, 11) is 0. The maximum Gasteiger partial charge on any atom is 0.305 e. The number of thioether (sulfide) groups is 1. The van der Waals surface area contributed by atoms with Crippen LogP contribution in [0, 0.1) is 0 Å². The number of hydrogen-bond acceptors (Lipinski definition) is 4. The zero-order valence-corrected chi connectivity index (χ0v) is 14.3. The summed E-state index contributed by atoms with van der Waals surface area (Å²) in [4.78, 5) is 25.3. The number of nitrogens with zero attached hydrogens (tertiary/aromatic N) is 1. The molecule has 0 bridgehead atoms. The summed E-state index contributed by atoms with van der Waals surface area (Å²) >= 11 is 7.81. The molecule has 1 aromatic carbocycles. The van der Waals surface area contributed by atoms with Gasteiger partial charge in [-0.2, -0.15) is 11.8 Å². The second-order valence-electron chi connectivity index (χ2n) is 5.47. The summed E-state index contributed by atoms with van der Waals surface area (Å²) in [6.07, 6.45) is -0.0587. The number of aliphatic carboxylic acids is 1. The van der Waals surface area contributed by atoms with E-state index in [4.69, 9.17) is 21.1 Å². The lowest BCUT2D eigenvalue weighted by Crippen LogP contribution is -2.47. The highest BCUT2D eigenvalue weighted by Gasteiger charge is 2.31. The van der Waals surface area contributed by atoms with E-state index in [0.717, 1.165) is 11.3 Å². The highest BCUT2D eigenvalue weighted by Crippen LogP contribution is 2.30. The van der Waals surface area contributed by atoms with Crippen LogP contribution in [0.3, 0.4) is 0 Å². The molecule has 0 saturated carbocycles. The molecule has 0 radical (unpaired) electrons. The normalized spacial score (nSPS) is 17.7. The van der Waals surface area contributed by atoms with Gasteiger partial charge in [-0.05, 0) is 24.3 Å². The van der Waals surface area contributed by atoms with E-state index < -0.39 is 5.97 Å². The Morgan fingerprint density at radius 2 is 2.08 bits per heavy atom. The second kappa shape index (κ2) is 7.32. The molecule has 1 aliphatic heterocycles. The number of benzene rings is 1. The molecular weight excluding hydrogens is 350 g/mol. The number of amides is 1. The lowest BCUT2D eigenvalue weighted by atomic mass is 10.2. The summed E-state index contributed by atoms with van der Waals surface area (Å²) in [5.41, 5.74) is 0.717. The topological polar surface area (TPSA) is 70.8 Å². The van der Waals surface area contributed by atoms with Crippen LogP contribution in [0.1, 0.15) is 17.0 Å². The fourth-order valence-electron chi connectivity index (χ4n) is 2.69. The summed E-state index contributed by atoms with van der Waals surface area (Å²) in [5.74, 6) is 0.949. The third kappa shape index (κ3) is 3.60. The van der Waals surface area contributed by atoms with Gasteiger partial charge in [0.1, 0.15) is 5.76 Å². The number of furan rings is 1. The fraction of sp³-hybridized carbons (Fsp3) is 0.294. The molecule has 5 nitrogen and oxygen atoms in total. The van der Waals surface area contributed by atoms with Crippen molar-refractivity contribution in [3.8, 4) is 11.3 Å². The Hall–Kier alpha value is -1.92. The third-order valence-corrected chi connectivity index (χ3v) is 5.28. The molecule has 1 aromatic heterocycles. The molecule has 1 fully saturated rings. The minimum Gasteiger partial charge on any atom is -0.481 e. The average molecular weight is 366 g/mol. The zero-order valence-electron chi connectivity index (χ0n) is 12.8. The quantitative estimate of drug-likeness (QED) is 0.895. The molecule has 2 aromatic rings. The maximum absolute atomic E-state index is 12.7. The third-order valence-electron chi connectivity index (χ3n) is 3.85. The monoisotopic (exact) mass is 365 g/mol. The first-order valence-electron chi connectivity index (χ1n) is 7.51. The Kier molecular flexibility index (Phi) is 5.16. The van der Waals surface area contributed by atoms with Crippen molar-refractivity contribution in [1.29, 1.82) is 0 Å². The standard InChI is InChI=1S/C17H16ClNO4S/c18-13-4-2-1-3-12(13)14-5-6-15(23-14)17(22)19-7-8-24-10-11(19)9-16(20)21/h1-6,11H,7-10H2,(H,20,21). The van der Waals surface area contributed by atoms with Crippen molar-refractivity contribution >= 4 is 35.2 Å². The fourth-order valence-corrected chi connectivity index (χ4v) is 3.98. The molecule has 1 N–H and O–H groups in total.